The molecule has 1 aromatic carbocycles. The monoisotopic (exact) mass is 315 g/mol. The van der Waals surface area contributed by atoms with Crippen molar-refractivity contribution in [2.45, 2.75) is 6.61 Å². The lowest BCUT2D eigenvalue weighted by Gasteiger charge is -2.08. The van der Waals surface area contributed by atoms with E-state index in [4.69, 9.17) is 16.3 Å². The van der Waals surface area contributed by atoms with Gasteiger partial charge in [0.15, 0.2) is 5.75 Å². The molecule has 88 valence electrons. The van der Waals surface area contributed by atoms with Gasteiger partial charge >= 0.3 is 0 Å². The lowest BCUT2D eigenvalue weighted by Crippen LogP contribution is -1.97. The molecule has 0 N–H and O–H groups in total. The maximum absolute atomic E-state index is 12.8. The van der Waals surface area contributed by atoms with E-state index >= 15 is 0 Å². The van der Waals surface area contributed by atoms with Gasteiger partial charge in [-0.2, -0.15) is 0 Å². The first kappa shape index (κ1) is 12.3. The largest absolute Gasteiger partial charge is 0.486 e. The van der Waals surface area contributed by atoms with Gasteiger partial charge in [-0.1, -0.05) is 17.7 Å². The summed E-state index contributed by atoms with van der Waals surface area (Å²) in [5.74, 6) is 0.259. The highest BCUT2D eigenvalue weighted by atomic mass is 79.9. The van der Waals surface area contributed by atoms with Crippen LogP contribution in [0.4, 0.5) is 4.39 Å². The predicted octanol–water partition coefficient (Wildman–Crippen LogP) is 4.22. The van der Waals surface area contributed by atoms with E-state index in [1.54, 1.807) is 24.4 Å². The van der Waals surface area contributed by atoms with E-state index in [-0.39, 0.29) is 12.4 Å². The van der Waals surface area contributed by atoms with Gasteiger partial charge in [-0.3, -0.25) is 0 Å². The minimum Gasteiger partial charge on any atom is -0.486 e. The summed E-state index contributed by atoms with van der Waals surface area (Å²) in [6.45, 7) is 0.267. The summed E-state index contributed by atoms with van der Waals surface area (Å²) in [5.41, 5.74) is 0.726. The number of benzene rings is 1. The third-order valence-electron chi connectivity index (χ3n) is 2.12. The highest BCUT2D eigenvalue weighted by Gasteiger charge is 2.05. The molecule has 0 aliphatic carbocycles. The summed E-state index contributed by atoms with van der Waals surface area (Å²) in [4.78, 5) is 4.03. The first-order chi connectivity index (χ1) is 8.16. The molecule has 0 bridgehead atoms. The van der Waals surface area contributed by atoms with Crippen LogP contribution in [0.2, 0.25) is 5.02 Å². The van der Waals surface area contributed by atoms with Crippen LogP contribution >= 0.6 is 27.5 Å². The van der Waals surface area contributed by atoms with Crippen LogP contribution in [-0.2, 0) is 6.61 Å². The van der Waals surface area contributed by atoms with Gasteiger partial charge in [0, 0.05) is 11.8 Å². The van der Waals surface area contributed by atoms with Crippen molar-refractivity contribution < 1.29 is 9.13 Å². The molecule has 2 nitrogen and oxygen atoms in total. The molecule has 0 aliphatic heterocycles. The lowest BCUT2D eigenvalue weighted by atomic mass is 10.2. The van der Waals surface area contributed by atoms with Crippen molar-refractivity contribution in [3.63, 3.8) is 0 Å². The van der Waals surface area contributed by atoms with E-state index in [1.807, 2.05) is 0 Å². The molecule has 0 unspecified atom stereocenters. The first-order valence-electron chi connectivity index (χ1n) is 4.84. The van der Waals surface area contributed by atoms with Crippen molar-refractivity contribution in [1.29, 1.82) is 0 Å². The van der Waals surface area contributed by atoms with Crippen molar-refractivity contribution in [3.05, 3.63) is 57.5 Å². The fourth-order valence-electron chi connectivity index (χ4n) is 1.27. The molecule has 0 atom stereocenters. The van der Waals surface area contributed by atoms with Crippen LogP contribution in [0, 0.1) is 5.82 Å². The van der Waals surface area contributed by atoms with Crippen LogP contribution in [0.3, 0.4) is 0 Å². The number of nitrogens with zero attached hydrogens (tertiary/aromatic N) is 1. The fraction of sp³-hybridized carbons (Fsp3) is 0.0833. The molecule has 0 spiro atoms. The molecule has 1 heterocycles. The Balaban J connectivity index is 2.10. The standard InChI is InChI=1S/C12H8BrClFNO/c13-12-11(2-1-5-16-12)17-7-8-3-4-9(15)6-10(8)14/h1-6H,7H2. The molecule has 2 rings (SSSR count). The van der Waals surface area contributed by atoms with Crippen molar-refractivity contribution in [2.24, 2.45) is 0 Å². The predicted molar refractivity (Wildman–Crippen MR) is 67.7 cm³/mol. The lowest BCUT2D eigenvalue weighted by molar-refractivity contribution is 0.302. The number of hydrogen-bond donors (Lipinski definition) is 0. The van der Waals surface area contributed by atoms with Crippen molar-refractivity contribution in [1.82, 2.24) is 4.98 Å². The second kappa shape index (κ2) is 5.47. The summed E-state index contributed by atoms with van der Waals surface area (Å²) in [6.07, 6.45) is 1.65. The smallest absolute Gasteiger partial charge is 0.152 e. The SMILES string of the molecule is Fc1ccc(COc2cccnc2Br)c(Cl)c1. The van der Waals surface area contributed by atoms with Gasteiger partial charge in [0.05, 0.1) is 5.02 Å². The molecule has 0 amide bonds. The van der Waals surface area contributed by atoms with Crippen LogP contribution in [0.15, 0.2) is 41.1 Å². The van der Waals surface area contributed by atoms with E-state index in [9.17, 15) is 4.39 Å². The number of hydrogen-bond acceptors (Lipinski definition) is 2. The van der Waals surface area contributed by atoms with E-state index in [0.717, 1.165) is 5.56 Å². The van der Waals surface area contributed by atoms with Gasteiger partial charge in [-0.25, -0.2) is 9.37 Å². The molecular weight excluding hydrogens is 308 g/mol. The highest BCUT2D eigenvalue weighted by Crippen LogP contribution is 2.24. The number of rotatable bonds is 3. The molecule has 17 heavy (non-hydrogen) atoms. The molecular formula is C12H8BrClFNO. The van der Waals surface area contributed by atoms with E-state index in [1.165, 1.54) is 12.1 Å². The van der Waals surface area contributed by atoms with Crippen molar-refractivity contribution >= 4 is 27.5 Å². The Morgan fingerprint density at radius 2 is 2.18 bits per heavy atom. The maximum atomic E-state index is 12.8. The Labute approximate surface area is 112 Å². The van der Waals surface area contributed by atoms with E-state index in [2.05, 4.69) is 20.9 Å². The zero-order valence-electron chi connectivity index (χ0n) is 8.66. The zero-order chi connectivity index (χ0) is 12.3. The second-order valence-electron chi connectivity index (χ2n) is 3.32. The number of ether oxygens (including phenoxy) is 1. The Kier molecular flexibility index (Phi) is 3.97. The van der Waals surface area contributed by atoms with Gasteiger partial charge in [0.25, 0.3) is 0 Å². The third kappa shape index (κ3) is 3.17. The summed E-state index contributed by atoms with van der Waals surface area (Å²) in [7, 11) is 0. The summed E-state index contributed by atoms with van der Waals surface area (Å²) in [5, 5.41) is 0.352. The van der Waals surface area contributed by atoms with Gasteiger partial charge in [0.2, 0.25) is 0 Å². The van der Waals surface area contributed by atoms with Crippen LogP contribution in [-0.4, -0.2) is 4.98 Å². The number of aromatic nitrogens is 1. The molecule has 1 aromatic heterocycles. The molecule has 0 saturated carbocycles. The minimum absolute atomic E-state index is 0.267. The quantitative estimate of drug-likeness (QED) is 0.791. The normalized spacial score (nSPS) is 10.3. The van der Waals surface area contributed by atoms with Crippen molar-refractivity contribution in [3.8, 4) is 5.75 Å². The van der Waals surface area contributed by atoms with E-state index < -0.39 is 0 Å². The van der Waals surface area contributed by atoms with Gasteiger partial charge < -0.3 is 4.74 Å². The Bertz CT molecular complexity index is 536. The summed E-state index contributed by atoms with van der Waals surface area (Å²) in [6, 6.07) is 7.77. The number of halogens is 3. The van der Waals surface area contributed by atoms with Gasteiger partial charge in [-0.05, 0) is 40.2 Å². The van der Waals surface area contributed by atoms with Crippen LogP contribution < -0.4 is 4.74 Å². The number of pyridine rings is 1. The van der Waals surface area contributed by atoms with Crippen LogP contribution in [0.25, 0.3) is 0 Å². The van der Waals surface area contributed by atoms with Gasteiger partial charge in [-0.15, -0.1) is 0 Å². The Morgan fingerprint density at radius 1 is 1.35 bits per heavy atom. The molecule has 0 fully saturated rings. The fourth-order valence-corrected chi connectivity index (χ4v) is 1.86. The van der Waals surface area contributed by atoms with Crippen LogP contribution in [0.5, 0.6) is 5.75 Å². The summed E-state index contributed by atoms with van der Waals surface area (Å²) >= 11 is 9.16. The molecule has 0 aliphatic rings. The average molecular weight is 317 g/mol. The zero-order valence-corrected chi connectivity index (χ0v) is 11.0. The Morgan fingerprint density at radius 3 is 2.88 bits per heavy atom. The molecule has 0 saturated heterocycles. The minimum atomic E-state index is -0.360. The maximum Gasteiger partial charge on any atom is 0.152 e. The molecule has 0 radical (unpaired) electrons. The topological polar surface area (TPSA) is 22.1 Å². The second-order valence-corrected chi connectivity index (χ2v) is 4.48. The van der Waals surface area contributed by atoms with Crippen molar-refractivity contribution in [2.75, 3.05) is 0 Å². The third-order valence-corrected chi connectivity index (χ3v) is 3.07. The highest BCUT2D eigenvalue weighted by molar-refractivity contribution is 9.10. The van der Waals surface area contributed by atoms with Crippen LogP contribution in [0.1, 0.15) is 5.56 Å². The van der Waals surface area contributed by atoms with Gasteiger partial charge in [0.1, 0.15) is 17.0 Å². The molecule has 5 heteroatoms. The molecule has 2 aromatic rings. The van der Waals surface area contributed by atoms with E-state index in [0.29, 0.717) is 15.4 Å². The summed E-state index contributed by atoms with van der Waals surface area (Å²) < 4.78 is 19.0. The first-order valence-corrected chi connectivity index (χ1v) is 6.01. The average Bonchev–Trinajstić information content (AvgIpc) is 2.30. The Hall–Kier alpha value is -1.13.